The lowest BCUT2D eigenvalue weighted by molar-refractivity contribution is -0.133. The minimum atomic E-state index is -0.132. The van der Waals surface area contributed by atoms with Gasteiger partial charge in [-0.2, -0.15) is 5.10 Å². The molecule has 1 fully saturated rings. The van der Waals surface area contributed by atoms with E-state index in [1.54, 1.807) is 16.8 Å². The van der Waals surface area contributed by atoms with Crippen LogP contribution in [0.3, 0.4) is 0 Å². The van der Waals surface area contributed by atoms with Crippen molar-refractivity contribution in [3.8, 4) is 0 Å². The standard InChI is InChI=1S/C13H22N6O2/c1-16(2)9-11(20)18-4-6-19(7-5-18)13(21)12-10(14)8-15-17(12)3/h8H,4-7,9,14H2,1-3H3. The fraction of sp³-hybridized carbons (Fsp3) is 0.615. The molecule has 21 heavy (non-hydrogen) atoms. The van der Waals surface area contributed by atoms with Gasteiger partial charge in [-0.15, -0.1) is 0 Å². The van der Waals surface area contributed by atoms with Crippen molar-refractivity contribution in [2.75, 3.05) is 52.6 Å². The van der Waals surface area contributed by atoms with Crippen LogP contribution < -0.4 is 5.73 Å². The molecule has 0 spiro atoms. The molecule has 2 amide bonds. The Hall–Kier alpha value is -2.09. The second kappa shape index (κ2) is 6.13. The monoisotopic (exact) mass is 294 g/mol. The molecule has 8 heteroatoms. The molecule has 0 unspecified atom stereocenters. The van der Waals surface area contributed by atoms with Crippen LogP contribution in [0.25, 0.3) is 0 Å². The van der Waals surface area contributed by atoms with Gasteiger partial charge in [0.25, 0.3) is 5.91 Å². The van der Waals surface area contributed by atoms with Crippen molar-refractivity contribution in [1.29, 1.82) is 0 Å². The number of carbonyl (C=O) groups excluding carboxylic acids is 2. The SMILES string of the molecule is CN(C)CC(=O)N1CCN(C(=O)c2c(N)cnn2C)CC1. The highest BCUT2D eigenvalue weighted by Crippen LogP contribution is 2.14. The third-order valence-corrected chi connectivity index (χ3v) is 3.54. The van der Waals surface area contributed by atoms with Crippen LogP contribution in [0.5, 0.6) is 0 Å². The molecule has 0 bridgehead atoms. The largest absolute Gasteiger partial charge is 0.396 e. The Bertz CT molecular complexity index is 511. The van der Waals surface area contributed by atoms with Crippen molar-refractivity contribution in [3.63, 3.8) is 0 Å². The highest BCUT2D eigenvalue weighted by molar-refractivity contribution is 5.97. The summed E-state index contributed by atoms with van der Waals surface area (Å²) in [5.74, 6) is -0.0423. The lowest BCUT2D eigenvalue weighted by atomic mass is 10.2. The van der Waals surface area contributed by atoms with E-state index in [1.165, 1.54) is 10.9 Å². The third-order valence-electron chi connectivity index (χ3n) is 3.54. The van der Waals surface area contributed by atoms with E-state index >= 15 is 0 Å². The van der Waals surface area contributed by atoms with Gasteiger partial charge < -0.3 is 20.4 Å². The van der Waals surface area contributed by atoms with Crippen molar-refractivity contribution < 1.29 is 9.59 Å². The van der Waals surface area contributed by atoms with Crippen molar-refractivity contribution in [2.24, 2.45) is 7.05 Å². The van der Waals surface area contributed by atoms with Crippen LogP contribution >= 0.6 is 0 Å². The number of aromatic nitrogens is 2. The summed E-state index contributed by atoms with van der Waals surface area (Å²) in [5, 5.41) is 3.98. The Labute approximate surface area is 124 Å². The van der Waals surface area contributed by atoms with Crippen molar-refractivity contribution in [2.45, 2.75) is 0 Å². The zero-order valence-corrected chi connectivity index (χ0v) is 12.7. The number of anilines is 1. The summed E-state index contributed by atoms with van der Waals surface area (Å²) >= 11 is 0. The number of aryl methyl sites for hydroxylation is 1. The maximum Gasteiger partial charge on any atom is 0.274 e. The van der Waals surface area contributed by atoms with Gasteiger partial charge in [0.2, 0.25) is 5.91 Å². The van der Waals surface area contributed by atoms with Crippen LogP contribution in [-0.4, -0.2) is 83.1 Å². The first kappa shape index (κ1) is 15.3. The molecule has 0 atom stereocenters. The van der Waals surface area contributed by atoms with E-state index in [1.807, 2.05) is 19.0 Å². The van der Waals surface area contributed by atoms with Gasteiger partial charge in [0, 0.05) is 33.2 Å². The topological polar surface area (TPSA) is 87.7 Å². The number of piperazine rings is 1. The first-order valence-electron chi connectivity index (χ1n) is 6.89. The molecule has 116 valence electrons. The molecule has 1 aliphatic heterocycles. The van der Waals surface area contributed by atoms with E-state index in [-0.39, 0.29) is 11.8 Å². The third kappa shape index (κ3) is 3.33. The fourth-order valence-corrected chi connectivity index (χ4v) is 2.40. The first-order chi connectivity index (χ1) is 9.90. The summed E-state index contributed by atoms with van der Waals surface area (Å²) in [6, 6.07) is 0. The summed E-state index contributed by atoms with van der Waals surface area (Å²) in [6.45, 7) is 2.53. The molecule has 2 N–H and O–H groups in total. The normalized spacial score (nSPS) is 15.6. The molecule has 0 aromatic carbocycles. The predicted octanol–water partition coefficient (Wildman–Crippen LogP) is -1.15. The molecule has 0 saturated carbocycles. The number of hydrogen-bond acceptors (Lipinski definition) is 5. The number of carbonyl (C=O) groups is 2. The molecule has 0 aliphatic carbocycles. The van der Waals surface area contributed by atoms with E-state index in [2.05, 4.69) is 5.10 Å². The molecule has 1 aliphatic rings. The molecular weight excluding hydrogens is 272 g/mol. The molecule has 1 aromatic heterocycles. The maximum atomic E-state index is 12.4. The zero-order valence-electron chi connectivity index (χ0n) is 12.7. The average molecular weight is 294 g/mol. The van der Waals surface area contributed by atoms with Gasteiger partial charge in [-0.3, -0.25) is 14.3 Å². The summed E-state index contributed by atoms with van der Waals surface area (Å²) in [5.41, 5.74) is 6.57. The van der Waals surface area contributed by atoms with Gasteiger partial charge in [0.05, 0.1) is 18.4 Å². The van der Waals surface area contributed by atoms with Crippen molar-refractivity contribution in [3.05, 3.63) is 11.9 Å². The molecule has 0 radical (unpaired) electrons. The van der Waals surface area contributed by atoms with Crippen LogP contribution in [-0.2, 0) is 11.8 Å². The maximum absolute atomic E-state index is 12.4. The summed E-state index contributed by atoms with van der Waals surface area (Å²) in [6.07, 6.45) is 1.48. The Morgan fingerprint density at radius 3 is 2.29 bits per heavy atom. The number of nitrogens with zero attached hydrogens (tertiary/aromatic N) is 5. The average Bonchev–Trinajstić information content (AvgIpc) is 2.77. The second-order valence-corrected chi connectivity index (χ2v) is 5.48. The van der Waals surface area contributed by atoms with Crippen LogP contribution in [0.4, 0.5) is 5.69 Å². The first-order valence-corrected chi connectivity index (χ1v) is 6.89. The Balaban J connectivity index is 1.95. The Morgan fingerprint density at radius 1 is 1.24 bits per heavy atom. The number of rotatable bonds is 3. The van der Waals surface area contributed by atoms with Gasteiger partial charge >= 0.3 is 0 Å². The number of nitrogens with two attached hydrogens (primary N) is 1. The molecule has 2 heterocycles. The quantitative estimate of drug-likeness (QED) is 0.760. The lowest BCUT2D eigenvalue weighted by Gasteiger charge is -2.35. The number of hydrogen-bond donors (Lipinski definition) is 1. The Morgan fingerprint density at radius 2 is 1.81 bits per heavy atom. The van der Waals surface area contributed by atoms with Gasteiger partial charge in [0.1, 0.15) is 5.69 Å². The fourth-order valence-electron chi connectivity index (χ4n) is 2.40. The molecule has 2 rings (SSSR count). The van der Waals surface area contributed by atoms with Gasteiger partial charge in [-0.05, 0) is 14.1 Å². The number of likely N-dealkylation sites (N-methyl/N-ethyl adjacent to an activating group) is 1. The van der Waals surface area contributed by atoms with E-state index in [0.717, 1.165) is 0 Å². The Kier molecular flexibility index (Phi) is 4.46. The summed E-state index contributed by atoms with van der Waals surface area (Å²) in [7, 11) is 5.42. The second-order valence-electron chi connectivity index (χ2n) is 5.48. The van der Waals surface area contributed by atoms with E-state index in [0.29, 0.717) is 44.1 Å². The van der Waals surface area contributed by atoms with Crippen LogP contribution in [0.2, 0.25) is 0 Å². The van der Waals surface area contributed by atoms with Crippen molar-refractivity contribution in [1.82, 2.24) is 24.5 Å². The van der Waals surface area contributed by atoms with Crippen LogP contribution in [0, 0.1) is 0 Å². The van der Waals surface area contributed by atoms with Crippen molar-refractivity contribution >= 4 is 17.5 Å². The molecule has 1 aromatic rings. The lowest BCUT2D eigenvalue weighted by Crippen LogP contribution is -2.52. The number of nitrogen functional groups attached to an aromatic ring is 1. The van der Waals surface area contributed by atoms with E-state index in [9.17, 15) is 9.59 Å². The van der Waals surface area contributed by atoms with E-state index in [4.69, 9.17) is 5.73 Å². The van der Waals surface area contributed by atoms with Gasteiger partial charge in [-0.25, -0.2) is 0 Å². The molecule has 1 saturated heterocycles. The zero-order chi connectivity index (χ0) is 15.6. The van der Waals surface area contributed by atoms with E-state index < -0.39 is 0 Å². The van der Waals surface area contributed by atoms with Crippen LogP contribution in [0.1, 0.15) is 10.5 Å². The van der Waals surface area contributed by atoms with Gasteiger partial charge in [-0.1, -0.05) is 0 Å². The van der Waals surface area contributed by atoms with Gasteiger partial charge in [0.15, 0.2) is 0 Å². The van der Waals surface area contributed by atoms with Crippen LogP contribution in [0.15, 0.2) is 6.20 Å². The minimum Gasteiger partial charge on any atom is -0.396 e. The highest BCUT2D eigenvalue weighted by Gasteiger charge is 2.27. The number of amides is 2. The highest BCUT2D eigenvalue weighted by atomic mass is 16.2. The summed E-state index contributed by atoms with van der Waals surface area (Å²) < 4.78 is 1.49. The predicted molar refractivity (Wildman–Crippen MR) is 78.7 cm³/mol. The minimum absolute atomic E-state index is 0.0900. The molecular formula is C13H22N6O2. The molecule has 8 nitrogen and oxygen atoms in total. The summed E-state index contributed by atoms with van der Waals surface area (Å²) in [4.78, 5) is 29.7. The smallest absolute Gasteiger partial charge is 0.274 e.